The third kappa shape index (κ3) is 10.4. The first-order chi connectivity index (χ1) is 23.5. The van der Waals surface area contributed by atoms with E-state index < -0.39 is 41.5 Å². The molecule has 5 atom stereocenters. The maximum atomic E-state index is 14.2. The highest BCUT2D eigenvalue weighted by Crippen LogP contribution is 2.27. The van der Waals surface area contributed by atoms with Gasteiger partial charge < -0.3 is 25.2 Å². The van der Waals surface area contributed by atoms with Crippen molar-refractivity contribution < 1.29 is 28.7 Å². The van der Waals surface area contributed by atoms with Gasteiger partial charge in [0.2, 0.25) is 23.6 Å². The molecule has 4 amide bonds. The van der Waals surface area contributed by atoms with Crippen LogP contribution in [0.5, 0.6) is 0 Å². The number of ether oxygens (including phenoxy) is 1. The summed E-state index contributed by atoms with van der Waals surface area (Å²) in [7, 11) is 3.01. The minimum Gasteiger partial charge on any atom is -0.467 e. The van der Waals surface area contributed by atoms with Gasteiger partial charge in [-0.15, -0.1) is 0 Å². The molecule has 11 heteroatoms. The number of nitrogens with one attached hydrogen (secondary N) is 2. The van der Waals surface area contributed by atoms with E-state index in [0.29, 0.717) is 25.0 Å². The third-order valence-electron chi connectivity index (χ3n) is 10.0. The van der Waals surface area contributed by atoms with Gasteiger partial charge in [0.25, 0.3) is 0 Å². The molecule has 0 aromatic heterocycles. The van der Waals surface area contributed by atoms with Gasteiger partial charge in [0.15, 0.2) is 0 Å². The van der Waals surface area contributed by atoms with E-state index in [-0.39, 0.29) is 42.1 Å². The van der Waals surface area contributed by atoms with Crippen molar-refractivity contribution in [3.05, 3.63) is 47.5 Å². The summed E-state index contributed by atoms with van der Waals surface area (Å²) < 4.78 is 4.97. The predicted octanol–water partition coefficient (Wildman–Crippen LogP) is 4.10. The average molecular weight is 696 g/mol. The summed E-state index contributed by atoms with van der Waals surface area (Å²) in [6, 6.07) is 6.46. The van der Waals surface area contributed by atoms with Crippen molar-refractivity contribution in [1.29, 1.82) is 0 Å². The number of piperidine rings is 1. The minimum absolute atomic E-state index is 0.0470. The van der Waals surface area contributed by atoms with Crippen LogP contribution in [0.25, 0.3) is 0 Å². The molecule has 2 aliphatic heterocycles. The van der Waals surface area contributed by atoms with Crippen molar-refractivity contribution in [2.45, 2.75) is 130 Å². The number of carbonyl (C=O) groups is 5. The molecule has 50 heavy (non-hydrogen) atoms. The molecular formula is C39H61N5O6. The van der Waals surface area contributed by atoms with Crippen LogP contribution >= 0.6 is 0 Å². The zero-order valence-electron chi connectivity index (χ0n) is 32.0. The minimum atomic E-state index is -0.892. The van der Waals surface area contributed by atoms with Crippen LogP contribution in [0.1, 0.15) is 93.1 Å². The maximum absolute atomic E-state index is 14.2. The van der Waals surface area contributed by atoms with Crippen LogP contribution in [0.4, 0.5) is 0 Å². The molecular weight excluding hydrogens is 634 g/mol. The SMILES string of the molecule is COC(=O)C(Cc1ccccc1)NC(=O)[C@@H]1CCCN1C(=O)C(C)=C[C@H](C(C)C)N(C)C(=O)[C@@H](NC(=O)[C@H]1CCCCN1C(C)C)C(C)(C)C. The van der Waals surface area contributed by atoms with E-state index in [1.807, 2.05) is 65.0 Å². The zero-order valence-corrected chi connectivity index (χ0v) is 32.0. The maximum Gasteiger partial charge on any atom is 0.328 e. The molecule has 0 spiro atoms. The number of carbonyl (C=O) groups excluding carboxylic acids is 5. The second kappa shape index (κ2) is 18.0. The molecule has 278 valence electrons. The van der Waals surface area contributed by atoms with Gasteiger partial charge in [-0.25, -0.2) is 4.79 Å². The van der Waals surface area contributed by atoms with Crippen LogP contribution in [0, 0.1) is 11.3 Å². The molecule has 0 radical (unpaired) electrons. The fraction of sp³-hybridized carbons (Fsp3) is 0.667. The van der Waals surface area contributed by atoms with E-state index in [1.54, 1.807) is 29.8 Å². The summed E-state index contributed by atoms with van der Waals surface area (Å²) in [4.78, 5) is 73.3. The van der Waals surface area contributed by atoms with Crippen molar-refractivity contribution >= 4 is 29.6 Å². The molecule has 11 nitrogen and oxygen atoms in total. The lowest BCUT2D eigenvalue weighted by Crippen LogP contribution is -2.60. The highest BCUT2D eigenvalue weighted by Gasteiger charge is 2.41. The van der Waals surface area contributed by atoms with Crippen LogP contribution in [-0.2, 0) is 35.1 Å². The fourth-order valence-corrected chi connectivity index (χ4v) is 7.13. The number of methoxy groups -OCH3 is 1. The first-order valence-electron chi connectivity index (χ1n) is 18.2. The van der Waals surface area contributed by atoms with Gasteiger partial charge in [0, 0.05) is 31.6 Å². The Morgan fingerprint density at radius 1 is 0.920 bits per heavy atom. The van der Waals surface area contributed by atoms with Gasteiger partial charge in [-0.05, 0) is 69.9 Å². The van der Waals surface area contributed by atoms with Crippen molar-refractivity contribution in [1.82, 2.24) is 25.3 Å². The molecule has 2 heterocycles. The van der Waals surface area contributed by atoms with Crippen LogP contribution in [-0.4, -0.2) is 108 Å². The lowest BCUT2D eigenvalue weighted by molar-refractivity contribution is -0.146. The standard InChI is InChI=1S/C39H61N5O6/c1-25(2)32(42(9)37(48)33(39(6,7)8)41-35(46)30-19-14-15-21-43(30)26(3)4)23-27(5)36(47)44-22-16-20-31(44)34(45)40-29(38(49)50-10)24-28-17-12-11-13-18-28/h11-13,17-18,23,25-26,29-33H,14-16,19-22,24H2,1-10H3,(H,40,45)(H,41,46)/t29?,30-,31+,32-,33-/m1/s1. The Balaban J connectivity index is 1.78. The molecule has 0 bridgehead atoms. The molecule has 0 saturated carbocycles. The third-order valence-corrected chi connectivity index (χ3v) is 10.0. The molecule has 2 aliphatic rings. The Bertz CT molecular complexity index is 1370. The molecule has 2 saturated heterocycles. The summed E-state index contributed by atoms with van der Waals surface area (Å²) in [5.41, 5.74) is 0.732. The summed E-state index contributed by atoms with van der Waals surface area (Å²) >= 11 is 0. The topological polar surface area (TPSA) is 128 Å². The van der Waals surface area contributed by atoms with Gasteiger partial charge in [0.1, 0.15) is 18.1 Å². The van der Waals surface area contributed by atoms with Crippen LogP contribution < -0.4 is 10.6 Å². The Morgan fingerprint density at radius 2 is 1.54 bits per heavy atom. The van der Waals surface area contributed by atoms with E-state index in [4.69, 9.17) is 4.74 Å². The Hall–Kier alpha value is -3.73. The van der Waals surface area contributed by atoms with Crippen LogP contribution in [0.15, 0.2) is 42.0 Å². The number of amides is 4. The van der Waals surface area contributed by atoms with Crippen molar-refractivity contribution in [3.63, 3.8) is 0 Å². The van der Waals surface area contributed by atoms with Gasteiger partial charge >= 0.3 is 5.97 Å². The Labute approximate surface area is 299 Å². The number of rotatable bonds is 13. The van der Waals surface area contributed by atoms with Crippen molar-refractivity contribution in [3.8, 4) is 0 Å². The number of benzene rings is 1. The molecule has 3 rings (SSSR count). The largest absolute Gasteiger partial charge is 0.467 e. The summed E-state index contributed by atoms with van der Waals surface area (Å²) in [5, 5.41) is 5.95. The summed E-state index contributed by atoms with van der Waals surface area (Å²) in [6.07, 6.45) is 5.97. The van der Waals surface area contributed by atoms with E-state index in [2.05, 4.69) is 29.4 Å². The number of esters is 1. The van der Waals surface area contributed by atoms with E-state index >= 15 is 0 Å². The van der Waals surface area contributed by atoms with E-state index in [0.717, 1.165) is 31.4 Å². The number of likely N-dealkylation sites (N-methyl/N-ethyl adjacent to an activating group) is 1. The normalized spacial score (nSPS) is 20.6. The fourth-order valence-electron chi connectivity index (χ4n) is 7.13. The molecule has 1 aromatic rings. The van der Waals surface area contributed by atoms with Crippen molar-refractivity contribution in [2.24, 2.45) is 11.3 Å². The van der Waals surface area contributed by atoms with Gasteiger partial charge in [-0.2, -0.15) is 0 Å². The van der Waals surface area contributed by atoms with Crippen LogP contribution in [0.2, 0.25) is 0 Å². The van der Waals surface area contributed by atoms with Crippen molar-refractivity contribution in [2.75, 3.05) is 27.2 Å². The molecule has 1 unspecified atom stereocenters. The Kier molecular flexibility index (Phi) is 14.6. The highest BCUT2D eigenvalue weighted by molar-refractivity contribution is 5.98. The van der Waals surface area contributed by atoms with E-state index in [1.165, 1.54) is 7.11 Å². The highest BCUT2D eigenvalue weighted by atomic mass is 16.5. The Morgan fingerprint density at radius 3 is 2.12 bits per heavy atom. The number of nitrogens with zero attached hydrogens (tertiary/aromatic N) is 3. The van der Waals surface area contributed by atoms with Gasteiger partial charge in [-0.1, -0.05) is 77.4 Å². The quantitative estimate of drug-likeness (QED) is 0.235. The number of hydrogen-bond acceptors (Lipinski definition) is 7. The molecule has 1 aromatic carbocycles. The second-order valence-electron chi connectivity index (χ2n) is 15.6. The first kappa shape index (κ1) is 40.7. The summed E-state index contributed by atoms with van der Waals surface area (Å²) in [6.45, 7) is 17.0. The molecule has 2 fully saturated rings. The van der Waals surface area contributed by atoms with E-state index in [9.17, 15) is 24.0 Å². The second-order valence-corrected chi connectivity index (χ2v) is 15.6. The monoisotopic (exact) mass is 695 g/mol. The predicted molar refractivity (Wildman–Crippen MR) is 195 cm³/mol. The number of hydrogen-bond donors (Lipinski definition) is 2. The average Bonchev–Trinajstić information content (AvgIpc) is 3.58. The zero-order chi connectivity index (χ0) is 37.3. The lowest BCUT2D eigenvalue weighted by atomic mass is 9.84. The molecule has 2 N–H and O–H groups in total. The lowest BCUT2D eigenvalue weighted by Gasteiger charge is -2.41. The van der Waals surface area contributed by atoms with Crippen LogP contribution in [0.3, 0.4) is 0 Å². The summed E-state index contributed by atoms with van der Waals surface area (Å²) in [5.74, 6) is -1.64. The first-order valence-corrected chi connectivity index (χ1v) is 18.2. The van der Waals surface area contributed by atoms with Gasteiger partial charge in [0.05, 0.1) is 19.2 Å². The number of likely N-dealkylation sites (tertiary alicyclic amines) is 2. The smallest absolute Gasteiger partial charge is 0.328 e. The van der Waals surface area contributed by atoms with Gasteiger partial charge in [-0.3, -0.25) is 24.1 Å². The molecule has 0 aliphatic carbocycles.